The summed E-state index contributed by atoms with van der Waals surface area (Å²) < 4.78 is 18.6. The SMILES string of the molecule is Cc1cc(F)ccc1Oc1ncnc(Cl)c1CCl. The molecule has 0 bridgehead atoms. The molecule has 18 heavy (non-hydrogen) atoms. The summed E-state index contributed by atoms with van der Waals surface area (Å²) in [7, 11) is 0. The lowest BCUT2D eigenvalue weighted by Crippen LogP contribution is -1.97. The van der Waals surface area contributed by atoms with E-state index in [0.717, 1.165) is 0 Å². The number of alkyl halides is 1. The number of hydrogen-bond acceptors (Lipinski definition) is 3. The van der Waals surface area contributed by atoms with Crippen molar-refractivity contribution in [2.24, 2.45) is 0 Å². The van der Waals surface area contributed by atoms with Gasteiger partial charge in [0.25, 0.3) is 0 Å². The topological polar surface area (TPSA) is 35.0 Å². The molecule has 94 valence electrons. The van der Waals surface area contributed by atoms with Crippen molar-refractivity contribution in [1.29, 1.82) is 0 Å². The Hall–Kier alpha value is -1.39. The summed E-state index contributed by atoms with van der Waals surface area (Å²) in [5.41, 5.74) is 1.16. The summed E-state index contributed by atoms with van der Waals surface area (Å²) >= 11 is 11.6. The Bertz CT molecular complexity index is 578. The first-order chi connectivity index (χ1) is 8.61. The first kappa shape index (κ1) is 13.1. The Morgan fingerprint density at radius 2 is 2.11 bits per heavy atom. The average molecular weight is 287 g/mol. The van der Waals surface area contributed by atoms with Gasteiger partial charge in [-0.25, -0.2) is 14.4 Å². The van der Waals surface area contributed by atoms with Gasteiger partial charge in [-0.3, -0.25) is 0 Å². The molecule has 2 aromatic rings. The molecule has 6 heteroatoms. The molecule has 0 N–H and O–H groups in total. The molecule has 2 rings (SSSR count). The highest BCUT2D eigenvalue weighted by atomic mass is 35.5. The summed E-state index contributed by atoms with van der Waals surface area (Å²) in [5, 5.41) is 0.245. The fraction of sp³-hybridized carbons (Fsp3) is 0.167. The van der Waals surface area contributed by atoms with Gasteiger partial charge in [0.15, 0.2) is 0 Å². The first-order valence-electron chi connectivity index (χ1n) is 5.11. The van der Waals surface area contributed by atoms with E-state index in [0.29, 0.717) is 16.9 Å². The predicted octanol–water partition coefficient (Wildman–Crippen LogP) is 4.11. The Morgan fingerprint density at radius 3 is 2.78 bits per heavy atom. The number of benzene rings is 1. The van der Waals surface area contributed by atoms with Gasteiger partial charge in [0, 0.05) is 0 Å². The van der Waals surface area contributed by atoms with E-state index < -0.39 is 0 Å². The molecule has 0 aliphatic heterocycles. The zero-order valence-corrected chi connectivity index (χ0v) is 11.0. The number of nitrogens with zero attached hydrogens (tertiary/aromatic N) is 2. The summed E-state index contributed by atoms with van der Waals surface area (Å²) in [5.74, 6) is 0.588. The molecule has 0 amide bonds. The Labute approximate surface area is 114 Å². The third-order valence-corrected chi connectivity index (χ3v) is 2.92. The third kappa shape index (κ3) is 2.71. The monoisotopic (exact) mass is 286 g/mol. The summed E-state index contributed by atoms with van der Waals surface area (Å²) in [6.45, 7) is 1.74. The average Bonchev–Trinajstić information content (AvgIpc) is 2.33. The number of rotatable bonds is 3. The largest absolute Gasteiger partial charge is 0.438 e. The molecule has 1 heterocycles. The van der Waals surface area contributed by atoms with E-state index in [2.05, 4.69) is 9.97 Å². The highest BCUT2D eigenvalue weighted by molar-refractivity contribution is 6.31. The maximum absolute atomic E-state index is 13.0. The third-order valence-electron chi connectivity index (χ3n) is 2.33. The number of aromatic nitrogens is 2. The quantitative estimate of drug-likeness (QED) is 0.629. The second-order valence-corrected chi connectivity index (χ2v) is 4.22. The van der Waals surface area contributed by atoms with Crippen molar-refractivity contribution < 1.29 is 9.13 Å². The molecule has 0 aliphatic rings. The van der Waals surface area contributed by atoms with E-state index >= 15 is 0 Å². The summed E-state index contributed by atoms with van der Waals surface area (Å²) in [6, 6.07) is 4.21. The number of hydrogen-bond donors (Lipinski definition) is 0. The van der Waals surface area contributed by atoms with Crippen LogP contribution < -0.4 is 4.74 Å². The molecule has 0 unspecified atom stereocenters. The Morgan fingerprint density at radius 1 is 1.33 bits per heavy atom. The van der Waals surface area contributed by atoms with Gasteiger partial charge >= 0.3 is 0 Å². The maximum atomic E-state index is 13.0. The van der Waals surface area contributed by atoms with E-state index in [4.69, 9.17) is 27.9 Å². The second kappa shape index (κ2) is 5.50. The predicted molar refractivity (Wildman–Crippen MR) is 67.8 cm³/mol. The molecule has 0 spiro atoms. The van der Waals surface area contributed by atoms with Gasteiger partial charge in [-0.1, -0.05) is 11.6 Å². The van der Waals surface area contributed by atoms with Gasteiger partial charge in [-0.2, -0.15) is 0 Å². The summed E-state index contributed by atoms with van der Waals surface area (Å²) in [4.78, 5) is 7.79. The van der Waals surface area contributed by atoms with Gasteiger partial charge in [0.05, 0.1) is 11.4 Å². The molecule has 0 saturated carbocycles. The van der Waals surface area contributed by atoms with Crippen LogP contribution >= 0.6 is 23.2 Å². The van der Waals surface area contributed by atoms with Crippen molar-refractivity contribution in [3.8, 4) is 11.6 Å². The lowest BCUT2D eigenvalue weighted by molar-refractivity contribution is 0.451. The normalized spacial score (nSPS) is 10.4. The highest BCUT2D eigenvalue weighted by Gasteiger charge is 2.12. The van der Waals surface area contributed by atoms with Crippen LogP contribution in [0.15, 0.2) is 24.5 Å². The van der Waals surface area contributed by atoms with Gasteiger partial charge in [0.2, 0.25) is 5.88 Å². The fourth-order valence-electron chi connectivity index (χ4n) is 1.41. The zero-order chi connectivity index (χ0) is 13.1. The standard InChI is InChI=1S/C12H9Cl2FN2O/c1-7-4-8(15)2-3-10(7)18-12-9(5-13)11(14)16-6-17-12/h2-4,6H,5H2,1H3. The molecular weight excluding hydrogens is 278 g/mol. The van der Waals surface area contributed by atoms with Gasteiger partial charge < -0.3 is 4.74 Å². The van der Waals surface area contributed by atoms with E-state index in [9.17, 15) is 4.39 Å². The van der Waals surface area contributed by atoms with Gasteiger partial charge in [-0.05, 0) is 30.7 Å². The van der Waals surface area contributed by atoms with Crippen LogP contribution in [0, 0.1) is 12.7 Å². The van der Waals surface area contributed by atoms with Crippen LogP contribution in [0.3, 0.4) is 0 Å². The van der Waals surface area contributed by atoms with Crippen molar-refractivity contribution in [3.05, 3.63) is 46.6 Å². The van der Waals surface area contributed by atoms with Crippen LogP contribution in [0.4, 0.5) is 4.39 Å². The Kier molecular flexibility index (Phi) is 3.99. The van der Waals surface area contributed by atoms with Crippen LogP contribution in [-0.2, 0) is 5.88 Å². The van der Waals surface area contributed by atoms with Gasteiger partial charge in [0.1, 0.15) is 23.0 Å². The van der Waals surface area contributed by atoms with E-state index in [-0.39, 0.29) is 22.7 Å². The summed E-state index contributed by atoms with van der Waals surface area (Å²) in [6.07, 6.45) is 1.28. The Balaban J connectivity index is 2.37. The number of halogens is 3. The molecule has 0 saturated heterocycles. The van der Waals surface area contributed by atoms with E-state index in [1.54, 1.807) is 6.92 Å². The minimum Gasteiger partial charge on any atom is -0.438 e. The van der Waals surface area contributed by atoms with E-state index in [1.165, 1.54) is 24.5 Å². The van der Waals surface area contributed by atoms with Crippen LogP contribution in [0.25, 0.3) is 0 Å². The van der Waals surface area contributed by atoms with Crippen molar-refractivity contribution in [2.75, 3.05) is 0 Å². The molecule has 0 aliphatic carbocycles. The fourth-order valence-corrected chi connectivity index (χ4v) is 1.91. The van der Waals surface area contributed by atoms with Gasteiger partial charge in [-0.15, -0.1) is 11.6 Å². The minimum absolute atomic E-state index is 0.134. The zero-order valence-electron chi connectivity index (χ0n) is 9.45. The molecular formula is C12H9Cl2FN2O. The smallest absolute Gasteiger partial charge is 0.228 e. The maximum Gasteiger partial charge on any atom is 0.228 e. The number of aryl methyl sites for hydroxylation is 1. The minimum atomic E-state index is -0.321. The molecule has 0 radical (unpaired) electrons. The van der Waals surface area contributed by atoms with Crippen molar-refractivity contribution in [3.63, 3.8) is 0 Å². The van der Waals surface area contributed by atoms with E-state index in [1.807, 2.05) is 0 Å². The van der Waals surface area contributed by atoms with Crippen LogP contribution in [0.5, 0.6) is 11.6 Å². The molecule has 1 aromatic heterocycles. The van der Waals surface area contributed by atoms with Crippen molar-refractivity contribution in [1.82, 2.24) is 9.97 Å². The number of ether oxygens (including phenoxy) is 1. The molecule has 1 aromatic carbocycles. The van der Waals surface area contributed by atoms with Crippen LogP contribution in [0.2, 0.25) is 5.15 Å². The lowest BCUT2D eigenvalue weighted by atomic mass is 10.2. The molecule has 0 fully saturated rings. The van der Waals surface area contributed by atoms with Crippen LogP contribution in [0.1, 0.15) is 11.1 Å². The first-order valence-corrected chi connectivity index (χ1v) is 6.02. The molecule has 0 atom stereocenters. The molecule has 3 nitrogen and oxygen atoms in total. The van der Waals surface area contributed by atoms with Crippen molar-refractivity contribution in [2.45, 2.75) is 12.8 Å². The highest BCUT2D eigenvalue weighted by Crippen LogP contribution is 2.30. The lowest BCUT2D eigenvalue weighted by Gasteiger charge is -2.10. The van der Waals surface area contributed by atoms with Crippen molar-refractivity contribution >= 4 is 23.2 Å². The second-order valence-electron chi connectivity index (χ2n) is 3.59. The van der Waals surface area contributed by atoms with Crippen LogP contribution in [-0.4, -0.2) is 9.97 Å².